The molecule has 19 heavy (non-hydrogen) atoms. The monoisotopic (exact) mass is 276 g/mol. The zero-order valence-corrected chi connectivity index (χ0v) is 12.3. The van der Waals surface area contributed by atoms with Crippen LogP contribution in [0.25, 0.3) is 0 Å². The van der Waals surface area contributed by atoms with E-state index in [1.54, 1.807) is 11.3 Å². The fourth-order valence-corrected chi connectivity index (χ4v) is 3.44. The Balaban J connectivity index is 1.73. The minimum Gasteiger partial charge on any atom is -0.334 e. The molecule has 3 rings (SSSR count). The van der Waals surface area contributed by atoms with Gasteiger partial charge >= 0.3 is 0 Å². The summed E-state index contributed by atoms with van der Waals surface area (Å²) >= 11 is 1.72. The molecule has 0 amide bonds. The summed E-state index contributed by atoms with van der Waals surface area (Å²) in [6.07, 6.45) is 6.16. The lowest BCUT2D eigenvalue weighted by atomic mass is 9.86. The molecular formula is C14H20N4S. The SMILES string of the molecule is Cc1nc(CCn2cncc2C2(C)CCNC2)cs1. The van der Waals surface area contributed by atoms with Crippen LogP contribution in [0.2, 0.25) is 0 Å². The molecule has 5 heteroatoms. The highest BCUT2D eigenvalue weighted by atomic mass is 32.1. The van der Waals surface area contributed by atoms with E-state index in [-0.39, 0.29) is 5.41 Å². The summed E-state index contributed by atoms with van der Waals surface area (Å²) in [5.41, 5.74) is 2.77. The van der Waals surface area contributed by atoms with E-state index in [1.807, 2.05) is 12.5 Å². The van der Waals surface area contributed by atoms with Gasteiger partial charge in [0.25, 0.3) is 0 Å². The smallest absolute Gasteiger partial charge is 0.0948 e. The highest BCUT2D eigenvalue weighted by Crippen LogP contribution is 2.29. The van der Waals surface area contributed by atoms with Crippen molar-refractivity contribution in [1.82, 2.24) is 19.9 Å². The summed E-state index contributed by atoms with van der Waals surface area (Å²) in [5, 5.41) is 6.76. The maximum atomic E-state index is 4.53. The zero-order chi connectivity index (χ0) is 13.3. The van der Waals surface area contributed by atoms with Crippen LogP contribution in [0.5, 0.6) is 0 Å². The van der Waals surface area contributed by atoms with E-state index in [0.717, 1.165) is 31.1 Å². The maximum Gasteiger partial charge on any atom is 0.0948 e. The first-order chi connectivity index (χ1) is 9.17. The molecule has 4 nitrogen and oxygen atoms in total. The predicted octanol–water partition coefficient (Wildman–Crippen LogP) is 2.14. The normalized spacial score (nSPS) is 23.1. The first-order valence-corrected chi connectivity index (χ1v) is 7.68. The van der Waals surface area contributed by atoms with Gasteiger partial charge in [-0.3, -0.25) is 0 Å². The Bertz CT molecular complexity index is 551. The second-order valence-electron chi connectivity index (χ2n) is 5.57. The highest BCUT2D eigenvalue weighted by Gasteiger charge is 2.33. The number of aromatic nitrogens is 3. The topological polar surface area (TPSA) is 42.7 Å². The van der Waals surface area contributed by atoms with E-state index in [2.05, 4.69) is 39.1 Å². The van der Waals surface area contributed by atoms with Crippen LogP contribution < -0.4 is 5.32 Å². The molecule has 0 aromatic carbocycles. The highest BCUT2D eigenvalue weighted by molar-refractivity contribution is 7.09. The average molecular weight is 276 g/mol. The van der Waals surface area contributed by atoms with E-state index in [4.69, 9.17) is 0 Å². The molecule has 1 aliphatic heterocycles. The molecule has 1 fully saturated rings. The van der Waals surface area contributed by atoms with Crippen LogP contribution >= 0.6 is 11.3 Å². The average Bonchev–Trinajstić information content (AvgIpc) is 3.07. The fourth-order valence-electron chi connectivity index (χ4n) is 2.80. The van der Waals surface area contributed by atoms with E-state index in [1.165, 1.54) is 17.8 Å². The van der Waals surface area contributed by atoms with Crippen molar-refractivity contribution in [3.63, 3.8) is 0 Å². The fraction of sp³-hybridized carbons (Fsp3) is 0.571. The van der Waals surface area contributed by atoms with Gasteiger partial charge in [0.15, 0.2) is 0 Å². The Morgan fingerprint density at radius 2 is 2.42 bits per heavy atom. The summed E-state index contributed by atoms with van der Waals surface area (Å²) in [6.45, 7) is 7.51. The molecule has 1 unspecified atom stereocenters. The van der Waals surface area contributed by atoms with Crippen LogP contribution in [0.4, 0.5) is 0 Å². The third-order valence-corrected chi connectivity index (χ3v) is 4.80. The minimum absolute atomic E-state index is 0.231. The van der Waals surface area contributed by atoms with Gasteiger partial charge in [0, 0.05) is 42.2 Å². The van der Waals surface area contributed by atoms with E-state index < -0.39 is 0 Å². The van der Waals surface area contributed by atoms with Gasteiger partial charge in [0.1, 0.15) is 0 Å². The summed E-state index contributed by atoms with van der Waals surface area (Å²) in [5.74, 6) is 0. The number of nitrogens with zero attached hydrogens (tertiary/aromatic N) is 3. The van der Waals surface area contributed by atoms with Crippen LogP contribution in [0.15, 0.2) is 17.9 Å². The summed E-state index contributed by atoms with van der Waals surface area (Å²) < 4.78 is 2.29. The Hall–Kier alpha value is -1.20. The molecular weight excluding hydrogens is 256 g/mol. The lowest BCUT2D eigenvalue weighted by Crippen LogP contribution is -2.28. The van der Waals surface area contributed by atoms with E-state index >= 15 is 0 Å². The van der Waals surface area contributed by atoms with Crippen molar-refractivity contribution in [2.45, 2.75) is 38.6 Å². The summed E-state index contributed by atoms with van der Waals surface area (Å²) in [4.78, 5) is 8.87. The van der Waals surface area contributed by atoms with Crippen molar-refractivity contribution in [3.8, 4) is 0 Å². The molecule has 0 saturated carbocycles. The van der Waals surface area contributed by atoms with Gasteiger partial charge in [-0.1, -0.05) is 6.92 Å². The van der Waals surface area contributed by atoms with Crippen molar-refractivity contribution in [3.05, 3.63) is 34.3 Å². The van der Waals surface area contributed by atoms with Crippen LogP contribution in [0.3, 0.4) is 0 Å². The third-order valence-electron chi connectivity index (χ3n) is 3.97. The lowest BCUT2D eigenvalue weighted by Gasteiger charge is -2.24. The first kappa shape index (κ1) is 12.8. The number of hydrogen-bond acceptors (Lipinski definition) is 4. The molecule has 0 spiro atoms. The van der Waals surface area contributed by atoms with Crippen molar-refractivity contribution in [2.75, 3.05) is 13.1 Å². The number of aryl methyl sites for hydroxylation is 3. The number of imidazole rings is 1. The Labute approximate surface area is 117 Å². The largest absolute Gasteiger partial charge is 0.334 e. The van der Waals surface area contributed by atoms with Crippen LogP contribution in [-0.2, 0) is 18.4 Å². The molecule has 0 radical (unpaired) electrons. The molecule has 0 aliphatic carbocycles. The molecule has 1 atom stereocenters. The molecule has 2 aromatic heterocycles. The standard InChI is InChI=1S/C14H20N4S/c1-11-17-12(8-19-11)3-6-18-10-16-7-13(18)14(2)4-5-15-9-14/h7-8,10,15H,3-6,9H2,1-2H3. The van der Waals surface area contributed by atoms with Crippen LogP contribution in [0, 0.1) is 6.92 Å². The van der Waals surface area contributed by atoms with Crippen molar-refractivity contribution < 1.29 is 0 Å². The van der Waals surface area contributed by atoms with Crippen molar-refractivity contribution >= 4 is 11.3 Å². The Kier molecular flexibility index (Phi) is 3.41. The summed E-state index contributed by atoms with van der Waals surface area (Å²) in [7, 11) is 0. The maximum absolute atomic E-state index is 4.53. The Morgan fingerprint density at radius 3 is 3.11 bits per heavy atom. The van der Waals surface area contributed by atoms with Gasteiger partial charge < -0.3 is 9.88 Å². The third kappa shape index (κ3) is 2.58. The van der Waals surface area contributed by atoms with Crippen LogP contribution in [-0.4, -0.2) is 27.6 Å². The van der Waals surface area contributed by atoms with Gasteiger partial charge in [0.2, 0.25) is 0 Å². The van der Waals surface area contributed by atoms with Gasteiger partial charge in [-0.2, -0.15) is 0 Å². The van der Waals surface area contributed by atoms with Gasteiger partial charge in [-0.25, -0.2) is 9.97 Å². The van der Waals surface area contributed by atoms with E-state index in [0.29, 0.717) is 0 Å². The first-order valence-electron chi connectivity index (χ1n) is 6.80. The molecule has 1 saturated heterocycles. The molecule has 1 N–H and O–H groups in total. The molecule has 0 bridgehead atoms. The Morgan fingerprint density at radius 1 is 1.53 bits per heavy atom. The quantitative estimate of drug-likeness (QED) is 0.930. The van der Waals surface area contributed by atoms with Gasteiger partial charge in [-0.15, -0.1) is 11.3 Å². The zero-order valence-electron chi connectivity index (χ0n) is 11.5. The van der Waals surface area contributed by atoms with Gasteiger partial charge in [-0.05, 0) is 19.9 Å². The number of thiazole rings is 1. The molecule has 3 heterocycles. The predicted molar refractivity (Wildman–Crippen MR) is 77.6 cm³/mol. The number of rotatable bonds is 4. The second-order valence-corrected chi connectivity index (χ2v) is 6.63. The molecule has 2 aromatic rings. The van der Waals surface area contributed by atoms with Crippen molar-refractivity contribution in [2.24, 2.45) is 0 Å². The van der Waals surface area contributed by atoms with Gasteiger partial charge in [0.05, 0.1) is 17.0 Å². The second kappa shape index (κ2) is 5.06. The van der Waals surface area contributed by atoms with Crippen molar-refractivity contribution in [1.29, 1.82) is 0 Å². The molecule has 102 valence electrons. The number of hydrogen-bond donors (Lipinski definition) is 1. The number of nitrogens with one attached hydrogen (secondary N) is 1. The van der Waals surface area contributed by atoms with Crippen LogP contribution in [0.1, 0.15) is 29.7 Å². The lowest BCUT2D eigenvalue weighted by molar-refractivity contribution is 0.471. The molecule has 1 aliphatic rings. The summed E-state index contributed by atoms with van der Waals surface area (Å²) in [6, 6.07) is 0. The minimum atomic E-state index is 0.231. The van der Waals surface area contributed by atoms with E-state index in [9.17, 15) is 0 Å².